The lowest BCUT2D eigenvalue weighted by molar-refractivity contribution is -0.153. The molecule has 0 aliphatic heterocycles. The monoisotopic (exact) mass is 556 g/mol. The summed E-state index contributed by atoms with van der Waals surface area (Å²) < 4.78 is 67.3. The minimum absolute atomic E-state index is 0.00209. The van der Waals surface area contributed by atoms with Gasteiger partial charge in [-0.2, -0.15) is 13.2 Å². The van der Waals surface area contributed by atoms with Crippen LogP contribution in [-0.4, -0.2) is 75.4 Å². The number of carbonyl (C=O) groups excluding carboxylic acids is 2. The summed E-state index contributed by atoms with van der Waals surface area (Å²) in [6, 6.07) is 7.47. The van der Waals surface area contributed by atoms with Gasteiger partial charge in [0.1, 0.15) is 12.4 Å². The Hall–Kier alpha value is -3.68. The van der Waals surface area contributed by atoms with Crippen molar-refractivity contribution in [3.05, 3.63) is 47.8 Å². The number of imidazole rings is 1. The second-order valence-electron chi connectivity index (χ2n) is 7.94. The minimum Gasteiger partial charge on any atom is -0.484 e. The average molecular weight is 557 g/mol. The molecule has 3 rings (SSSR count). The molecule has 0 saturated heterocycles. The second kappa shape index (κ2) is 12.7. The molecule has 1 unspecified atom stereocenters. The van der Waals surface area contributed by atoms with Gasteiger partial charge in [-0.25, -0.2) is 19.1 Å². The van der Waals surface area contributed by atoms with Crippen LogP contribution < -0.4 is 4.74 Å². The molecule has 1 amide bonds. The molecule has 0 fully saturated rings. The Bertz CT molecular complexity index is 1310. The highest BCUT2D eigenvalue weighted by atomic mass is 32.2. The third-order valence-electron chi connectivity index (χ3n) is 5.28. The van der Waals surface area contributed by atoms with E-state index in [1.165, 1.54) is 28.8 Å². The van der Waals surface area contributed by atoms with Crippen LogP contribution in [-0.2, 0) is 32.4 Å². The number of amides is 1. The van der Waals surface area contributed by atoms with Crippen LogP contribution in [0.3, 0.4) is 0 Å². The predicted molar refractivity (Wildman–Crippen MR) is 131 cm³/mol. The number of hydrogen-bond acceptors (Lipinski definition) is 8. The first-order chi connectivity index (χ1) is 18.1. The van der Waals surface area contributed by atoms with Gasteiger partial charge in [-0.3, -0.25) is 9.19 Å². The highest BCUT2D eigenvalue weighted by molar-refractivity contribution is 7.84. The number of pyridine rings is 1. The molecule has 0 N–H and O–H groups in total. The zero-order valence-electron chi connectivity index (χ0n) is 21.0. The fourth-order valence-electron chi connectivity index (χ4n) is 3.54. The summed E-state index contributed by atoms with van der Waals surface area (Å²) in [6.45, 7) is 1.93. The Labute approximate surface area is 219 Å². The number of likely N-dealkylation sites (N-methyl/N-ethyl adjacent to an activating group) is 1. The predicted octanol–water partition coefficient (Wildman–Crippen LogP) is 4.32. The first kappa shape index (κ1) is 28.9. The van der Waals surface area contributed by atoms with Gasteiger partial charge in [0.15, 0.2) is 6.61 Å². The van der Waals surface area contributed by atoms with E-state index in [1.807, 2.05) is 0 Å². The number of para-hydroxylation sites is 2. The molecule has 0 radical (unpaired) electrons. The van der Waals surface area contributed by atoms with Crippen LogP contribution in [0, 0.1) is 0 Å². The van der Waals surface area contributed by atoms with E-state index < -0.39 is 35.8 Å². The van der Waals surface area contributed by atoms with Gasteiger partial charge in [0.2, 0.25) is 5.16 Å². The Morgan fingerprint density at radius 3 is 2.55 bits per heavy atom. The summed E-state index contributed by atoms with van der Waals surface area (Å²) in [5.74, 6) is -0.212. The molecule has 0 spiro atoms. The minimum atomic E-state index is -4.52. The normalized spacial score (nSPS) is 12.3. The number of alkyl halides is 3. The van der Waals surface area contributed by atoms with Gasteiger partial charge in [0.05, 0.1) is 46.4 Å². The molecule has 2 heterocycles. The maximum atomic E-state index is 13.5. The van der Waals surface area contributed by atoms with E-state index >= 15 is 0 Å². The fraction of sp³-hybridized carbons (Fsp3) is 0.417. The van der Waals surface area contributed by atoms with Crippen molar-refractivity contribution in [2.24, 2.45) is 0 Å². The Morgan fingerprint density at radius 1 is 1.13 bits per heavy atom. The quantitative estimate of drug-likeness (QED) is 0.340. The maximum Gasteiger partial charge on any atom is 0.508 e. The maximum absolute atomic E-state index is 13.5. The van der Waals surface area contributed by atoms with E-state index in [-0.39, 0.29) is 48.5 Å². The van der Waals surface area contributed by atoms with Crippen LogP contribution in [0.2, 0.25) is 0 Å². The summed E-state index contributed by atoms with van der Waals surface area (Å²) in [5.41, 5.74) is 1.48. The van der Waals surface area contributed by atoms with Crippen molar-refractivity contribution in [2.45, 2.75) is 37.4 Å². The molecule has 1 atom stereocenters. The van der Waals surface area contributed by atoms with Crippen LogP contribution in [0.25, 0.3) is 11.0 Å². The van der Waals surface area contributed by atoms with Gasteiger partial charge in [-0.1, -0.05) is 19.1 Å². The number of fused-ring (bicyclic) bond motifs is 1. The number of aromatic nitrogens is 3. The lowest BCUT2D eigenvalue weighted by Crippen LogP contribution is -2.35. The fourth-order valence-corrected chi connectivity index (χ4v) is 4.74. The lowest BCUT2D eigenvalue weighted by Gasteiger charge is -2.19. The number of nitrogens with zero attached hydrogens (tertiary/aromatic N) is 4. The van der Waals surface area contributed by atoms with E-state index in [2.05, 4.69) is 14.7 Å². The number of carbonyl (C=O) groups is 2. The molecule has 0 bridgehead atoms. The summed E-state index contributed by atoms with van der Waals surface area (Å²) in [7, 11) is -0.431. The van der Waals surface area contributed by atoms with Crippen molar-refractivity contribution >= 4 is 34.0 Å². The Morgan fingerprint density at radius 2 is 1.87 bits per heavy atom. The number of benzene rings is 1. The first-order valence-electron chi connectivity index (χ1n) is 11.6. The molecule has 3 aromatic rings. The summed E-state index contributed by atoms with van der Waals surface area (Å²) >= 11 is 0. The summed E-state index contributed by atoms with van der Waals surface area (Å²) in [4.78, 5) is 34.6. The third-order valence-corrected chi connectivity index (χ3v) is 6.49. The lowest BCUT2D eigenvalue weighted by atomic mass is 10.1. The highest BCUT2D eigenvalue weighted by Crippen LogP contribution is 2.27. The van der Waals surface area contributed by atoms with E-state index in [9.17, 15) is 27.0 Å². The van der Waals surface area contributed by atoms with Gasteiger partial charge < -0.3 is 19.1 Å². The Kier molecular flexibility index (Phi) is 9.66. The molecular weight excluding hydrogens is 529 g/mol. The zero-order valence-corrected chi connectivity index (χ0v) is 21.8. The van der Waals surface area contributed by atoms with Gasteiger partial charge in [-0.05, 0) is 31.5 Å². The van der Waals surface area contributed by atoms with Crippen LogP contribution in [0.15, 0.2) is 41.7 Å². The van der Waals surface area contributed by atoms with Crippen LogP contribution in [0.1, 0.15) is 25.1 Å². The van der Waals surface area contributed by atoms with Gasteiger partial charge in [0, 0.05) is 18.8 Å². The van der Waals surface area contributed by atoms with Crippen molar-refractivity contribution in [3.8, 4) is 5.75 Å². The number of halogens is 3. The molecular formula is C24H27F3N4O6S. The number of hydrogen-bond donors (Lipinski definition) is 0. The van der Waals surface area contributed by atoms with Crippen LogP contribution in [0.5, 0.6) is 5.75 Å². The molecule has 1 aromatic carbocycles. The SMILES string of the molecule is CCOC(=O)OCCN(C)C(=O)n1c(S(=O)Cc2nccc(OCC(F)(F)F)c2CC)nc2ccccc21. The number of ether oxygens (including phenoxy) is 3. The van der Waals surface area contributed by atoms with Crippen LogP contribution >= 0.6 is 0 Å². The topological polar surface area (TPSA) is 113 Å². The molecule has 2 aromatic heterocycles. The van der Waals surface area contributed by atoms with E-state index in [1.54, 1.807) is 38.1 Å². The summed E-state index contributed by atoms with van der Waals surface area (Å²) in [5, 5.41) is -0.0557. The molecule has 206 valence electrons. The molecule has 0 aliphatic carbocycles. The van der Waals surface area contributed by atoms with Crippen molar-refractivity contribution in [2.75, 3.05) is 33.4 Å². The molecule has 38 heavy (non-hydrogen) atoms. The van der Waals surface area contributed by atoms with E-state index in [4.69, 9.17) is 9.47 Å². The summed E-state index contributed by atoms with van der Waals surface area (Å²) in [6.07, 6.45) is -3.81. The van der Waals surface area contributed by atoms with Gasteiger partial charge in [-0.15, -0.1) is 0 Å². The second-order valence-corrected chi connectivity index (χ2v) is 9.28. The average Bonchev–Trinajstić information content (AvgIpc) is 3.26. The smallest absolute Gasteiger partial charge is 0.484 e. The molecule has 14 heteroatoms. The number of rotatable bonds is 10. The van der Waals surface area contributed by atoms with Crippen molar-refractivity contribution in [1.82, 2.24) is 19.4 Å². The van der Waals surface area contributed by atoms with Crippen molar-refractivity contribution in [1.29, 1.82) is 0 Å². The Balaban J connectivity index is 1.87. The van der Waals surface area contributed by atoms with E-state index in [0.29, 0.717) is 16.6 Å². The van der Waals surface area contributed by atoms with Crippen molar-refractivity contribution < 1.29 is 41.2 Å². The largest absolute Gasteiger partial charge is 0.508 e. The van der Waals surface area contributed by atoms with Gasteiger partial charge >= 0.3 is 18.4 Å². The first-order valence-corrected chi connectivity index (χ1v) is 12.9. The molecule has 10 nitrogen and oxygen atoms in total. The molecule has 0 saturated carbocycles. The van der Waals surface area contributed by atoms with Crippen molar-refractivity contribution in [3.63, 3.8) is 0 Å². The standard InChI is InChI=1S/C24H27F3N4O6S/c1-4-16-18(28-11-10-20(16)37-15-24(25,26)27)14-38(34)21-29-17-8-6-7-9-19(17)31(21)22(32)30(3)12-13-36-23(33)35-5-2/h6-11H,4-5,12-15H2,1-3H3. The third kappa shape index (κ3) is 7.21. The zero-order chi connectivity index (χ0) is 27.9. The van der Waals surface area contributed by atoms with E-state index in [0.717, 1.165) is 0 Å². The van der Waals surface area contributed by atoms with Gasteiger partial charge in [0.25, 0.3) is 0 Å². The van der Waals surface area contributed by atoms with Crippen LogP contribution in [0.4, 0.5) is 22.8 Å². The molecule has 0 aliphatic rings. The highest BCUT2D eigenvalue weighted by Gasteiger charge is 2.29.